The number of carbonyl (C=O) groups is 1. The van der Waals surface area contributed by atoms with Crippen molar-refractivity contribution in [2.75, 3.05) is 5.32 Å². The molecule has 6 rings (SSSR count). The molecule has 162 valence electrons. The molecule has 32 heavy (non-hydrogen) atoms. The van der Waals surface area contributed by atoms with E-state index in [4.69, 9.17) is 0 Å². The van der Waals surface area contributed by atoms with Crippen LogP contribution < -0.4 is 5.32 Å². The quantitative estimate of drug-likeness (QED) is 0.432. The van der Waals surface area contributed by atoms with Crippen LogP contribution in [0.3, 0.4) is 0 Å². The van der Waals surface area contributed by atoms with Crippen molar-refractivity contribution in [2.24, 2.45) is 17.8 Å². The number of benzene rings is 2. The number of hydrogen-bond donors (Lipinski definition) is 2. The molecule has 4 aromatic rings. The second-order valence-corrected chi connectivity index (χ2v) is 9.51. The molecule has 0 spiro atoms. The molecule has 2 aliphatic rings. The normalized spacial score (nSPS) is 24.8. The van der Waals surface area contributed by atoms with Gasteiger partial charge in [0, 0.05) is 29.1 Å². The van der Waals surface area contributed by atoms with E-state index in [0.717, 1.165) is 53.2 Å². The minimum Gasteiger partial charge on any atom is -0.326 e. The summed E-state index contributed by atoms with van der Waals surface area (Å²) in [5, 5.41) is 11.9. The Hall–Kier alpha value is -3.28. The third-order valence-corrected chi connectivity index (χ3v) is 7.49. The standard InChI is InChI=1S/C26H25FN4O/c27-20-1-3-25-23(13-20)22(5-6-28-25)18-10-16-7-15(8-17(16)11-18)9-26(32)30-21-2-4-24-19(12-21)14-29-31-24/h1-6,12-18H,7-11H2,(H,29,31)(H,30,32)/t15-,16-,17+,18?. The summed E-state index contributed by atoms with van der Waals surface area (Å²) < 4.78 is 13.9. The predicted molar refractivity (Wildman–Crippen MR) is 123 cm³/mol. The number of rotatable bonds is 4. The summed E-state index contributed by atoms with van der Waals surface area (Å²) in [7, 11) is 0. The number of halogens is 1. The molecule has 0 radical (unpaired) electrons. The highest BCUT2D eigenvalue weighted by molar-refractivity contribution is 5.93. The van der Waals surface area contributed by atoms with E-state index >= 15 is 0 Å². The second-order valence-electron chi connectivity index (χ2n) is 9.51. The number of aromatic amines is 1. The van der Waals surface area contributed by atoms with E-state index in [0.29, 0.717) is 30.1 Å². The molecule has 1 unspecified atom stereocenters. The summed E-state index contributed by atoms with van der Waals surface area (Å²) in [5.74, 6) is 2.07. The Labute approximate surface area is 185 Å². The molecular weight excluding hydrogens is 403 g/mol. The van der Waals surface area contributed by atoms with E-state index in [2.05, 4.69) is 26.6 Å². The summed E-state index contributed by atoms with van der Waals surface area (Å²) in [6.45, 7) is 0. The lowest BCUT2D eigenvalue weighted by atomic mass is 9.89. The van der Waals surface area contributed by atoms with Crippen LogP contribution in [-0.2, 0) is 4.79 Å². The smallest absolute Gasteiger partial charge is 0.224 e. The molecule has 2 aromatic carbocycles. The van der Waals surface area contributed by atoms with Crippen LogP contribution in [0, 0.1) is 23.6 Å². The summed E-state index contributed by atoms with van der Waals surface area (Å²) in [4.78, 5) is 17.1. The molecule has 6 heteroatoms. The Kier molecular flexibility index (Phi) is 4.67. The minimum atomic E-state index is -0.206. The highest BCUT2D eigenvalue weighted by Gasteiger charge is 2.42. The van der Waals surface area contributed by atoms with Crippen LogP contribution in [0.1, 0.15) is 43.6 Å². The Balaban J connectivity index is 1.09. The first-order valence-corrected chi connectivity index (χ1v) is 11.4. The highest BCUT2D eigenvalue weighted by Crippen LogP contribution is 2.53. The lowest BCUT2D eigenvalue weighted by Gasteiger charge is -2.17. The first-order valence-electron chi connectivity index (χ1n) is 11.4. The van der Waals surface area contributed by atoms with Gasteiger partial charge in [-0.1, -0.05) is 0 Å². The molecule has 2 heterocycles. The van der Waals surface area contributed by atoms with Crippen molar-refractivity contribution in [1.82, 2.24) is 15.2 Å². The van der Waals surface area contributed by atoms with Gasteiger partial charge in [0.25, 0.3) is 0 Å². The van der Waals surface area contributed by atoms with E-state index in [1.54, 1.807) is 18.3 Å². The molecule has 0 saturated heterocycles. The Bertz CT molecular complexity index is 1300. The van der Waals surface area contributed by atoms with Crippen LogP contribution in [0.2, 0.25) is 0 Å². The molecule has 2 saturated carbocycles. The molecule has 2 aromatic heterocycles. The van der Waals surface area contributed by atoms with Crippen LogP contribution >= 0.6 is 0 Å². The number of aromatic nitrogens is 3. The number of nitrogens with one attached hydrogen (secondary N) is 2. The van der Waals surface area contributed by atoms with Gasteiger partial charge >= 0.3 is 0 Å². The van der Waals surface area contributed by atoms with Crippen molar-refractivity contribution in [3.8, 4) is 0 Å². The van der Waals surface area contributed by atoms with Gasteiger partial charge in [0.15, 0.2) is 0 Å². The number of carbonyl (C=O) groups excluding carboxylic acids is 1. The van der Waals surface area contributed by atoms with E-state index in [1.165, 1.54) is 11.6 Å². The number of hydrogen-bond acceptors (Lipinski definition) is 3. The predicted octanol–water partition coefficient (Wildman–Crippen LogP) is 5.80. The Morgan fingerprint density at radius 2 is 1.91 bits per heavy atom. The van der Waals surface area contributed by atoms with Crippen molar-refractivity contribution in [3.63, 3.8) is 0 Å². The van der Waals surface area contributed by atoms with Gasteiger partial charge in [0.1, 0.15) is 5.82 Å². The zero-order valence-electron chi connectivity index (χ0n) is 17.7. The van der Waals surface area contributed by atoms with Gasteiger partial charge in [0.2, 0.25) is 5.91 Å². The van der Waals surface area contributed by atoms with Gasteiger partial charge in [-0.2, -0.15) is 5.10 Å². The SMILES string of the molecule is O=C(C[C@H]1C[C@H]2CC(c3ccnc4ccc(F)cc34)C[C@H]2C1)Nc1ccc2[nH]ncc2c1. The van der Waals surface area contributed by atoms with E-state index in [-0.39, 0.29) is 11.7 Å². The van der Waals surface area contributed by atoms with Crippen LogP contribution in [0.5, 0.6) is 0 Å². The van der Waals surface area contributed by atoms with Crippen LogP contribution in [0.4, 0.5) is 10.1 Å². The first kappa shape index (κ1) is 19.4. The number of H-pyrrole nitrogens is 1. The van der Waals surface area contributed by atoms with Crippen molar-refractivity contribution in [3.05, 3.63) is 66.2 Å². The number of nitrogens with zero attached hydrogens (tertiary/aromatic N) is 2. The maximum absolute atomic E-state index is 13.9. The molecule has 0 aliphatic heterocycles. The zero-order chi connectivity index (χ0) is 21.7. The van der Waals surface area contributed by atoms with Gasteiger partial charge in [-0.25, -0.2) is 4.39 Å². The van der Waals surface area contributed by atoms with Gasteiger partial charge in [-0.15, -0.1) is 0 Å². The molecule has 5 nitrogen and oxygen atoms in total. The minimum absolute atomic E-state index is 0.0879. The van der Waals surface area contributed by atoms with Gasteiger partial charge in [-0.05, 0) is 97.4 Å². The number of anilines is 1. The summed E-state index contributed by atoms with van der Waals surface area (Å²) in [6.07, 6.45) is 8.63. The first-order chi connectivity index (χ1) is 15.6. The Morgan fingerprint density at radius 3 is 2.75 bits per heavy atom. The van der Waals surface area contributed by atoms with Gasteiger partial charge in [0.05, 0.1) is 17.2 Å². The van der Waals surface area contributed by atoms with Gasteiger partial charge in [-0.3, -0.25) is 14.9 Å². The lowest BCUT2D eigenvalue weighted by molar-refractivity contribution is -0.117. The molecule has 0 bridgehead atoms. The number of fused-ring (bicyclic) bond motifs is 3. The summed E-state index contributed by atoms with van der Waals surface area (Å²) in [6, 6.07) is 12.7. The summed E-state index contributed by atoms with van der Waals surface area (Å²) in [5.41, 5.74) is 3.88. The monoisotopic (exact) mass is 428 g/mol. The summed E-state index contributed by atoms with van der Waals surface area (Å²) >= 11 is 0. The van der Waals surface area contributed by atoms with Gasteiger partial charge < -0.3 is 5.32 Å². The fourth-order valence-corrected chi connectivity index (χ4v) is 6.15. The molecule has 1 amide bonds. The van der Waals surface area contributed by atoms with Crippen molar-refractivity contribution >= 4 is 33.4 Å². The second kappa shape index (κ2) is 7.69. The average Bonchev–Trinajstić information content (AvgIpc) is 3.47. The van der Waals surface area contributed by atoms with Crippen LogP contribution in [0.25, 0.3) is 21.8 Å². The topological polar surface area (TPSA) is 70.7 Å². The van der Waals surface area contributed by atoms with Crippen LogP contribution in [-0.4, -0.2) is 21.1 Å². The van der Waals surface area contributed by atoms with Crippen molar-refractivity contribution in [1.29, 1.82) is 0 Å². The number of pyridine rings is 1. The van der Waals surface area contributed by atoms with Crippen molar-refractivity contribution in [2.45, 2.75) is 38.0 Å². The van der Waals surface area contributed by atoms with E-state index < -0.39 is 0 Å². The average molecular weight is 429 g/mol. The maximum atomic E-state index is 13.9. The third kappa shape index (κ3) is 3.53. The maximum Gasteiger partial charge on any atom is 0.224 e. The molecular formula is C26H25FN4O. The third-order valence-electron chi connectivity index (χ3n) is 7.49. The molecule has 2 aliphatic carbocycles. The Morgan fingerprint density at radius 1 is 1.06 bits per heavy atom. The van der Waals surface area contributed by atoms with Crippen molar-refractivity contribution < 1.29 is 9.18 Å². The molecule has 2 fully saturated rings. The van der Waals surface area contributed by atoms with Crippen LogP contribution in [0.15, 0.2) is 54.9 Å². The highest BCUT2D eigenvalue weighted by atomic mass is 19.1. The lowest BCUT2D eigenvalue weighted by Crippen LogP contribution is -2.15. The van der Waals surface area contributed by atoms with E-state index in [9.17, 15) is 9.18 Å². The molecule has 4 atom stereocenters. The zero-order valence-corrected chi connectivity index (χ0v) is 17.7. The fraction of sp³-hybridized carbons (Fsp3) is 0.346. The number of amides is 1. The fourth-order valence-electron chi connectivity index (χ4n) is 6.15. The van der Waals surface area contributed by atoms with E-state index in [1.807, 2.05) is 24.4 Å². The molecule has 2 N–H and O–H groups in total. The largest absolute Gasteiger partial charge is 0.326 e.